The van der Waals surface area contributed by atoms with E-state index < -0.39 is 0 Å². The molecule has 2 rings (SSSR count). The second-order valence-electron chi connectivity index (χ2n) is 4.41. The molecule has 1 heterocycles. The molecule has 0 aliphatic carbocycles. The van der Waals surface area contributed by atoms with Crippen LogP contribution in [0.5, 0.6) is 11.6 Å². The van der Waals surface area contributed by atoms with E-state index in [9.17, 15) is 0 Å². The minimum atomic E-state index is 0.0242. The summed E-state index contributed by atoms with van der Waals surface area (Å²) >= 11 is 0. The minimum absolute atomic E-state index is 0.0242. The van der Waals surface area contributed by atoms with Crippen LogP contribution in [0.3, 0.4) is 0 Å². The number of benzene rings is 1. The first-order chi connectivity index (χ1) is 9.76. The lowest BCUT2D eigenvalue weighted by molar-refractivity contribution is 0.397. The van der Waals surface area contributed by atoms with Crippen molar-refractivity contribution >= 4 is 0 Å². The standard InChI is InChI=1S/C15H19N3O2/c1-19-13-6-4-12(5-7-13)14(18-16)9-11-3-8-15(20-2)17-10-11/h3-8,10,14,18H,9,16H2,1-2H3. The molecule has 0 radical (unpaired) electrons. The van der Waals surface area contributed by atoms with Crippen molar-refractivity contribution in [1.82, 2.24) is 10.4 Å². The number of nitrogens with one attached hydrogen (secondary N) is 1. The number of hydrogen-bond donors (Lipinski definition) is 2. The Kier molecular flexibility index (Phi) is 4.92. The molecule has 0 saturated carbocycles. The average Bonchev–Trinajstić information content (AvgIpc) is 2.53. The molecule has 1 atom stereocenters. The van der Waals surface area contributed by atoms with Crippen molar-refractivity contribution in [2.45, 2.75) is 12.5 Å². The van der Waals surface area contributed by atoms with Crippen LogP contribution in [-0.4, -0.2) is 19.2 Å². The Morgan fingerprint density at radius 3 is 2.35 bits per heavy atom. The van der Waals surface area contributed by atoms with Crippen LogP contribution in [0.15, 0.2) is 42.6 Å². The van der Waals surface area contributed by atoms with Gasteiger partial charge < -0.3 is 9.47 Å². The minimum Gasteiger partial charge on any atom is -0.497 e. The number of ether oxygens (including phenoxy) is 2. The van der Waals surface area contributed by atoms with Crippen molar-refractivity contribution in [3.63, 3.8) is 0 Å². The van der Waals surface area contributed by atoms with Crippen molar-refractivity contribution in [2.75, 3.05) is 14.2 Å². The zero-order valence-corrected chi connectivity index (χ0v) is 11.7. The van der Waals surface area contributed by atoms with Gasteiger partial charge in [-0.1, -0.05) is 18.2 Å². The van der Waals surface area contributed by atoms with E-state index >= 15 is 0 Å². The molecule has 1 aromatic carbocycles. The topological polar surface area (TPSA) is 69.4 Å². The molecule has 0 spiro atoms. The number of nitrogens with two attached hydrogens (primary N) is 1. The molecule has 106 valence electrons. The maximum absolute atomic E-state index is 5.65. The van der Waals surface area contributed by atoms with Gasteiger partial charge >= 0.3 is 0 Å². The molecule has 20 heavy (non-hydrogen) atoms. The fourth-order valence-corrected chi connectivity index (χ4v) is 2.00. The fourth-order valence-electron chi connectivity index (χ4n) is 2.00. The Labute approximate surface area is 118 Å². The summed E-state index contributed by atoms with van der Waals surface area (Å²) in [5.74, 6) is 7.09. The molecule has 0 amide bonds. The molecular formula is C15H19N3O2. The van der Waals surface area contributed by atoms with Gasteiger partial charge in [-0.25, -0.2) is 4.98 Å². The monoisotopic (exact) mass is 273 g/mol. The molecular weight excluding hydrogens is 254 g/mol. The van der Waals surface area contributed by atoms with Crippen LogP contribution in [0, 0.1) is 0 Å². The maximum atomic E-state index is 5.65. The summed E-state index contributed by atoms with van der Waals surface area (Å²) in [5.41, 5.74) is 5.02. The third-order valence-corrected chi connectivity index (χ3v) is 3.17. The third-order valence-electron chi connectivity index (χ3n) is 3.17. The van der Waals surface area contributed by atoms with Gasteiger partial charge in [0.25, 0.3) is 0 Å². The quantitative estimate of drug-likeness (QED) is 0.621. The molecule has 2 aromatic rings. The number of hydrogen-bond acceptors (Lipinski definition) is 5. The zero-order chi connectivity index (χ0) is 14.4. The smallest absolute Gasteiger partial charge is 0.212 e. The molecule has 3 N–H and O–H groups in total. The normalized spacial score (nSPS) is 11.9. The second-order valence-corrected chi connectivity index (χ2v) is 4.41. The van der Waals surface area contributed by atoms with Gasteiger partial charge in [-0.2, -0.15) is 0 Å². The summed E-state index contributed by atoms with van der Waals surface area (Å²) in [6, 6.07) is 11.7. The molecule has 1 unspecified atom stereocenters. The number of aromatic nitrogens is 1. The largest absolute Gasteiger partial charge is 0.497 e. The van der Waals surface area contributed by atoms with E-state index in [1.807, 2.05) is 36.4 Å². The van der Waals surface area contributed by atoms with Crippen molar-refractivity contribution in [3.05, 3.63) is 53.7 Å². The highest BCUT2D eigenvalue weighted by molar-refractivity contribution is 5.30. The highest BCUT2D eigenvalue weighted by Crippen LogP contribution is 2.21. The molecule has 5 heteroatoms. The highest BCUT2D eigenvalue weighted by atomic mass is 16.5. The maximum Gasteiger partial charge on any atom is 0.212 e. The Hall–Kier alpha value is -2.11. The van der Waals surface area contributed by atoms with Gasteiger partial charge in [-0.15, -0.1) is 0 Å². The lowest BCUT2D eigenvalue weighted by atomic mass is 10.0. The third kappa shape index (κ3) is 3.46. The highest BCUT2D eigenvalue weighted by Gasteiger charge is 2.11. The predicted molar refractivity (Wildman–Crippen MR) is 77.6 cm³/mol. The van der Waals surface area contributed by atoms with Gasteiger partial charge in [0, 0.05) is 12.3 Å². The van der Waals surface area contributed by atoms with Gasteiger partial charge in [-0.05, 0) is 29.7 Å². The SMILES string of the molecule is COc1ccc(C(Cc2ccc(OC)nc2)NN)cc1. The van der Waals surface area contributed by atoms with Gasteiger partial charge in [-0.3, -0.25) is 11.3 Å². The summed E-state index contributed by atoms with van der Waals surface area (Å²) in [5, 5.41) is 0. The van der Waals surface area contributed by atoms with Crippen LogP contribution in [0.4, 0.5) is 0 Å². The predicted octanol–water partition coefficient (Wildman–Crippen LogP) is 1.85. The van der Waals surface area contributed by atoms with Gasteiger partial charge in [0.2, 0.25) is 5.88 Å². The van der Waals surface area contributed by atoms with Crippen LogP contribution in [0.1, 0.15) is 17.2 Å². The van der Waals surface area contributed by atoms with E-state index in [0.29, 0.717) is 5.88 Å². The van der Waals surface area contributed by atoms with E-state index in [2.05, 4.69) is 10.4 Å². The van der Waals surface area contributed by atoms with Crippen LogP contribution in [-0.2, 0) is 6.42 Å². The van der Waals surface area contributed by atoms with E-state index in [0.717, 1.165) is 23.3 Å². The Balaban J connectivity index is 2.10. The van der Waals surface area contributed by atoms with Crippen LogP contribution in [0.25, 0.3) is 0 Å². The van der Waals surface area contributed by atoms with Gasteiger partial charge in [0.05, 0.1) is 20.3 Å². The first-order valence-electron chi connectivity index (χ1n) is 6.36. The first-order valence-corrected chi connectivity index (χ1v) is 6.36. The summed E-state index contributed by atoms with van der Waals surface area (Å²) in [4.78, 5) is 4.19. The van der Waals surface area contributed by atoms with Crippen LogP contribution >= 0.6 is 0 Å². The molecule has 5 nitrogen and oxygen atoms in total. The number of rotatable bonds is 6. The molecule has 0 fully saturated rings. The Morgan fingerprint density at radius 2 is 1.85 bits per heavy atom. The fraction of sp³-hybridized carbons (Fsp3) is 0.267. The van der Waals surface area contributed by atoms with Crippen LogP contribution < -0.4 is 20.7 Å². The number of hydrazine groups is 1. The molecule has 1 aromatic heterocycles. The van der Waals surface area contributed by atoms with Crippen molar-refractivity contribution in [3.8, 4) is 11.6 Å². The zero-order valence-electron chi connectivity index (χ0n) is 11.7. The van der Waals surface area contributed by atoms with E-state index in [1.54, 1.807) is 20.4 Å². The number of methoxy groups -OCH3 is 2. The Morgan fingerprint density at radius 1 is 1.10 bits per heavy atom. The van der Waals surface area contributed by atoms with Crippen molar-refractivity contribution in [2.24, 2.45) is 5.84 Å². The lowest BCUT2D eigenvalue weighted by Crippen LogP contribution is -2.29. The van der Waals surface area contributed by atoms with Gasteiger partial charge in [0.15, 0.2) is 0 Å². The Bertz CT molecular complexity index is 526. The van der Waals surface area contributed by atoms with E-state index in [1.165, 1.54) is 0 Å². The molecule has 0 aliphatic heterocycles. The van der Waals surface area contributed by atoms with E-state index in [4.69, 9.17) is 15.3 Å². The van der Waals surface area contributed by atoms with Gasteiger partial charge in [0.1, 0.15) is 5.75 Å². The second kappa shape index (κ2) is 6.88. The van der Waals surface area contributed by atoms with E-state index in [-0.39, 0.29) is 6.04 Å². The number of nitrogens with zero attached hydrogens (tertiary/aromatic N) is 1. The van der Waals surface area contributed by atoms with Crippen molar-refractivity contribution in [1.29, 1.82) is 0 Å². The summed E-state index contributed by atoms with van der Waals surface area (Å²) < 4.78 is 10.2. The lowest BCUT2D eigenvalue weighted by Gasteiger charge is -2.16. The summed E-state index contributed by atoms with van der Waals surface area (Å²) in [6.45, 7) is 0. The first kappa shape index (κ1) is 14.3. The van der Waals surface area contributed by atoms with Crippen molar-refractivity contribution < 1.29 is 9.47 Å². The number of pyridine rings is 1. The average molecular weight is 273 g/mol. The summed E-state index contributed by atoms with van der Waals surface area (Å²) in [7, 11) is 3.25. The molecule has 0 bridgehead atoms. The van der Waals surface area contributed by atoms with Crippen LogP contribution in [0.2, 0.25) is 0 Å². The molecule has 0 aliphatic rings. The molecule has 0 saturated heterocycles. The summed E-state index contributed by atoms with van der Waals surface area (Å²) in [6.07, 6.45) is 2.55.